The van der Waals surface area contributed by atoms with Crippen LogP contribution in [0.15, 0.2) is 35.3 Å². The number of hydrogen-bond acceptors (Lipinski definition) is 5. The van der Waals surface area contributed by atoms with Gasteiger partial charge < -0.3 is 33.2 Å². The highest BCUT2D eigenvalue weighted by Gasteiger charge is 2.30. The van der Waals surface area contributed by atoms with Crippen LogP contribution in [0.1, 0.15) is 45.6 Å². The van der Waals surface area contributed by atoms with Gasteiger partial charge in [0.05, 0.1) is 0 Å². The minimum atomic E-state index is -0.991. The molecule has 4 amide bonds. The molecule has 1 rings (SSSR count). The molecule has 11 heteroatoms. The summed E-state index contributed by atoms with van der Waals surface area (Å²) < 4.78 is 0. The van der Waals surface area contributed by atoms with Crippen molar-refractivity contribution in [2.75, 3.05) is 6.54 Å². The monoisotopic (exact) mass is 475 g/mol. The zero-order chi connectivity index (χ0) is 25.7. The lowest BCUT2D eigenvalue weighted by Gasteiger charge is -2.27. The molecule has 0 aromatic heterocycles. The van der Waals surface area contributed by atoms with Crippen LogP contribution < -0.4 is 33.2 Å². The van der Waals surface area contributed by atoms with E-state index in [2.05, 4.69) is 20.9 Å². The number of nitrogens with one attached hydrogen (secondary N) is 3. The predicted octanol–water partition coefficient (Wildman–Crippen LogP) is -0.712. The normalized spacial score (nSPS) is 14.1. The second-order valence-corrected chi connectivity index (χ2v) is 8.23. The molecule has 0 bridgehead atoms. The van der Waals surface area contributed by atoms with Crippen molar-refractivity contribution < 1.29 is 19.2 Å². The summed E-state index contributed by atoms with van der Waals surface area (Å²) in [4.78, 5) is 53.6. The van der Waals surface area contributed by atoms with Gasteiger partial charge in [-0.25, -0.2) is 0 Å². The number of guanidine groups is 1. The van der Waals surface area contributed by atoms with Gasteiger partial charge >= 0.3 is 0 Å². The van der Waals surface area contributed by atoms with E-state index in [1.54, 1.807) is 0 Å². The van der Waals surface area contributed by atoms with Crippen molar-refractivity contribution >= 4 is 29.6 Å². The third kappa shape index (κ3) is 10.3. The molecule has 34 heavy (non-hydrogen) atoms. The van der Waals surface area contributed by atoms with Crippen molar-refractivity contribution in [3.05, 3.63) is 35.9 Å². The van der Waals surface area contributed by atoms with Crippen LogP contribution in [0.4, 0.5) is 0 Å². The van der Waals surface area contributed by atoms with Crippen molar-refractivity contribution in [1.29, 1.82) is 0 Å². The van der Waals surface area contributed by atoms with Crippen LogP contribution in [0.3, 0.4) is 0 Å². The number of carbonyl (C=O) groups excluding carboxylic acids is 4. The molecule has 9 N–H and O–H groups in total. The molecule has 0 radical (unpaired) electrons. The molecule has 1 aromatic carbocycles. The second-order valence-electron chi connectivity index (χ2n) is 8.23. The van der Waals surface area contributed by atoms with E-state index in [0.29, 0.717) is 12.8 Å². The average molecular weight is 476 g/mol. The van der Waals surface area contributed by atoms with Crippen LogP contribution in [-0.4, -0.2) is 54.3 Å². The summed E-state index contributed by atoms with van der Waals surface area (Å²) in [7, 11) is 0. The van der Waals surface area contributed by atoms with Crippen molar-refractivity contribution in [1.82, 2.24) is 16.0 Å². The van der Waals surface area contributed by atoms with Gasteiger partial charge in [0.15, 0.2) is 5.96 Å². The van der Waals surface area contributed by atoms with Crippen LogP contribution in [0.5, 0.6) is 0 Å². The standard InChI is InChI=1S/C23H37N7O4/c1-4-14(2)19(28-15(3)31)22(34)30-18(13-16-9-6-5-7-10-16)21(33)29-17(20(24)32)11-8-12-27-23(25)26/h5-7,9-10,14,17-19H,4,8,11-13H2,1-3H3,(H2,24,32)(H,28,31)(H,29,33)(H,30,34)(H4,25,26,27). The average Bonchev–Trinajstić information content (AvgIpc) is 2.78. The third-order valence-electron chi connectivity index (χ3n) is 5.38. The van der Waals surface area contributed by atoms with Gasteiger partial charge in [-0.15, -0.1) is 0 Å². The zero-order valence-corrected chi connectivity index (χ0v) is 20.0. The molecule has 4 atom stereocenters. The number of rotatable bonds is 14. The highest BCUT2D eigenvalue weighted by atomic mass is 16.2. The van der Waals surface area contributed by atoms with E-state index in [4.69, 9.17) is 17.2 Å². The summed E-state index contributed by atoms with van der Waals surface area (Å²) in [5, 5.41) is 8.02. The maximum absolute atomic E-state index is 13.1. The second kappa shape index (κ2) is 14.5. The summed E-state index contributed by atoms with van der Waals surface area (Å²) in [6.07, 6.45) is 1.48. The number of hydrogen-bond donors (Lipinski definition) is 6. The molecule has 0 saturated heterocycles. The highest BCUT2D eigenvalue weighted by molar-refractivity contribution is 5.94. The quantitative estimate of drug-likeness (QED) is 0.117. The fourth-order valence-electron chi connectivity index (χ4n) is 3.30. The lowest BCUT2D eigenvalue weighted by atomic mass is 9.97. The lowest BCUT2D eigenvalue weighted by molar-refractivity contribution is -0.133. The van der Waals surface area contributed by atoms with Gasteiger partial charge in [-0.2, -0.15) is 0 Å². The Morgan fingerprint density at radius 2 is 1.56 bits per heavy atom. The molecular weight excluding hydrogens is 438 g/mol. The molecule has 1 aromatic rings. The van der Waals surface area contributed by atoms with E-state index in [1.807, 2.05) is 44.2 Å². The summed E-state index contributed by atoms with van der Waals surface area (Å²) >= 11 is 0. The number of nitrogens with two attached hydrogens (primary N) is 3. The summed E-state index contributed by atoms with van der Waals surface area (Å²) in [5.74, 6) is -2.33. The third-order valence-corrected chi connectivity index (χ3v) is 5.38. The van der Waals surface area contributed by atoms with Crippen LogP contribution in [-0.2, 0) is 25.6 Å². The molecule has 0 saturated carbocycles. The lowest BCUT2D eigenvalue weighted by Crippen LogP contribution is -2.58. The van der Waals surface area contributed by atoms with Gasteiger partial charge in [0, 0.05) is 19.9 Å². The molecular formula is C23H37N7O4. The Morgan fingerprint density at radius 3 is 2.09 bits per heavy atom. The van der Waals surface area contributed by atoms with Gasteiger partial charge in [-0.05, 0) is 24.3 Å². The Labute approximate surface area is 200 Å². The molecule has 0 aliphatic rings. The fraction of sp³-hybridized carbons (Fsp3) is 0.522. The first-order valence-electron chi connectivity index (χ1n) is 11.3. The van der Waals surface area contributed by atoms with Crippen molar-refractivity contribution in [3.8, 4) is 0 Å². The maximum atomic E-state index is 13.1. The largest absolute Gasteiger partial charge is 0.370 e. The number of amides is 4. The van der Waals surface area contributed by atoms with Gasteiger partial charge in [-0.1, -0.05) is 50.6 Å². The van der Waals surface area contributed by atoms with Crippen LogP contribution >= 0.6 is 0 Å². The number of benzene rings is 1. The molecule has 0 aliphatic heterocycles. The SMILES string of the molecule is CCC(C)C(NC(C)=O)C(=O)NC(Cc1ccccc1)C(=O)NC(CCCN=C(N)N)C(N)=O. The van der Waals surface area contributed by atoms with Gasteiger partial charge in [0.2, 0.25) is 23.6 Å². The number of primary amides is 1. The van der Waals surface area contributed by atoms with Crippen molar-refractivity contribution in [2.24, 2.45) is 28.1 Å². The van der Waals surface area contributed by atoms with Crippen LogP contribution in [0.25, 0.3) is 0 Å². The van der Waals surface area contributed by atoms with E-state index >= 15 is 0 Å². The van der Waals surface area contributed by atoms with Crippen LogP contribution in [0.2, 0.25) is 0 Å². The molecule has 0 heterocycles. The molecule has 0 spiro atoms. The molecule has 0 aliphatic carbocycles. The fourth-order valence-corrected chi connectivity index (χ4v) is 3.30. The minimum absolute atomic E-state index is 0.0691. The minimum Gasteiger partial charge on any atom is -0.370 e. The Balaban J connectivity index is 3.03. The highest BCUT2D eigenvalue weighted by Crippen LogP contribution is 2.10. The molecule has 188 valence electrons. The first kappa shape index (κ1) is 28.4. The van der Waals surface area contributed by atoms with Crippen molar-refractivity contribution in [3.63, 3.8) is 0 Å². The zero-order valence-electron chi connectivity index (χ0n) is 20.0. The number of carbonyl (C=O) groups is 4. The number of aliphatic imine (C=N–C) groups is 1. The molecule has 11 nitrogen and oxygen atoms in total. The summed E-state index contributed by atoms with van der Waals surface area (Å²) in [6, 6.07) is 6.38. The topological polar surface area (TPSA) is 195 Å². The van der Waals surface area contributed by atoms with E-state index in [-0.39, 0.29) is 37.2 Å². The molecule has 0 fully saturated rings. The smallest absolute Gasteiger partial charge is 0.243 e. The van der Waals surface area contributed by atoms with Gasteiger partial charge in [-0.3, -0.25) is 24.2 Å². The molecule has 4 unspecified atom stereocenters. The van der Waals surface area contributed by atoms with E-state index in [0.717, 1.165) is 5.56 Å². The number of nitrogens with zero attached hydrogens (tertiary/aromatic N) is 1. The Morgan fingerprint density at radius 1 is 0.941 bits per heavy atom. The summed E-state index contributed by atoms with van der Waals surface area (Å²) in [5.41, 5.74) is 16.9. The van der Waals surface area contributed by atoms with Crippen LogP contribution in [0, 0.1) is 5.92 Å². The van der Waals surface area contributed by atoms with E-state index in [1.165, 1.54) is 6.92 Å². The summed E-state index contributed by atoms with van der Waals surface area (Å²) in [6.45, 7) is 5.35. The maximum Gasteiger partial charge on any atom is 0.243 e. The Hall–Kier alpha value is -3.63. The Bertz CT molecular complexity index is 856. The van der Waals surface area contributed by atoms with E-state index < -0.39 is 35.8 Å². The van der Waals surface area contributed by atoms with Crippen molar-refractivity contribution in [2.45, 2.75) is 64.6 Å². The first-order valence-corrected chi connectivity index (χ1v) is 11.3. The van der Waals surface area contributed by atoms with Gasteiger partial charge in [0.1, 0.15) is 18.1 Å². The first-order chi connectivity index (χ1) is 16.0. The van der Waals surface area contributed by atoms with E-state index in [9.17, 15) is 19.2 Å². The Kier molecular flexibility index (Phi) is 12.1. The van der Waals surface area contributed by atoms with Gasteiger partial charge in [0.25, 0.3) is 0 Å². The predicted molar refractivity (Wildman–Crippen MR) is 130 cm³/mol.